The number of halogens is 1. The first-order valence-corrected chi connectivity index (χ1v) is 13.1. The van der Waals surface area contributed by atoms with Crippen LogP contribution in [0.4, 0.5) is 10.1 Å². The van der Waals surface area contributed by atoms with Crippen LogP contribution >= 0.6 is 0 Å². The van der Waals surface area contributed by atoms with Crippen molar-refractivity contribution in [3.63, 3.8) is 0 Å². The highest BCUT2D eigenvalue weighted by Gasteiger charge is 2.39. The first-order valence-electron chi connectivity index (χ1n) is 13.1. The summed E-state index contributed by atoms with van der Waals surface area (Å²) in [6.45, 7) is 3.64. The molecule has 2 aromatic heterocycles. The van der Waals surface area contributed by atoms with Crippen molar-refractivity contribution in [1.29, 1.82) is 0 Å². The van der Waals surface area contributed by atoms with Crippen molar-refractivity contribution >= 4 is 11.6 Å². The van der Waals surface area contributed by atoms with Crippen LogP contribution in [0.3, 0.4) is 0 Å². The molecule has 0 radical (unpaired) electrons. The van der Waals surface area contributed by atoms with Gasteiger partial charge in [0.2, 0.25) is 0 Å². The minimum absolute atomic E-state index is 0.228. The first kappa shape index (κ1) is 25.0. The molecule has 0 saturated carbocycles. The fraction of sp³-hybridized carbons (Fsp3) is 0.310. The number of aromatic nitrogens is 4. The Morgan fingerprint density at radius 2 is 1.92 bits per heavy atom. The van der Waals surface area contributed by atoms with E-state index in [0.29, 0.717) is 17.1 Å². The van der Waals surface area contributed by atoms with Crippen molar-refractivity contribution in [2.45, 2.75) is 37.5 Å². The van der Waals surface area contributed by atoms with E-state index < -0.39 is 5.54 Å². The number of rotatable bonds is 6. The average Bonchev–Trinajstić information content (AvgIpc) is 3.56. The van der Waals surface area contributed by atoms with Crippen LogP contribution in [-0.2, 0) is 5.54 Å². The summed E-state index contributed by atoms with van der Waals surface area (Å²) in [5.41, 5.74) is 2.51. The summed E-state index contributed by atoms with van der Waals surface area (Å²) >= 11 is 0. The van der Waals surface area contributed by atoms with Gasteiger partial charge in [-0.1, -0.05) is 12.1 Å². The lowest BCUT2D eigenvalue weighted by molar-refractivity contribution is 0.0908. The lowest BCUT2D eigenvalue weighted by Gasteiger charge is -2.40. The Balaban J connectivity index is 1.24. The minimum Gasteiger partial charge on any atom is -0.488 e. The lowest BCUT2D eigenvalue weighted by atomic mass is 9.86. The summed E-state index contributed by atoms with van der Waals surface area (Å²) in [6, 6.07) is 15.2. The Labute approximate surface area is 225 Å². The number of H-pyrrole nitrogens is 1. The van der Waals surface area contributed by atoms with Gasteiger partial charge in [0, 0.05) is 53.9 Å². The molecule has 0 aliphatic carbocycles. The zero-order valence-electron chi connectivity index (χ0n) is 21.8. The van der Waals surface area contributed by atoms with Crippen LogP contribution < -0.4 is 15.4 Å². The molecule has 0 bridgehead atoms. The number of amides is 1. The molecule has 200 valence electrons. The summed E-state index contributed by atoms with van der Waals surface area (Å²) in [5, 5.41) is 14.4. The molecular weight excluding hydrogens is 497 g/mol. The van der Waals surface area contributed by atoms with Gasteiger partial charge < -0.3 is 20.3 Å². The van der Waals surface area contributed by atoms with Crippen molar-refractivity contribution in [1.82, 2.24) is 30.4 Å². The largest absolute Gasteiger partial charge is 0.488 e. The van der Waals surface area contributed by atoms with Gasteiger partial charge in [0.05, 0.1) is 11.6 Å². The predicted molar refractivity (Wildman–Crippen MR) is 145 cm³/mol. The SMILES string of the molecule is CC1Oc2cc(F)ccc2[C@@H]1NC(=O)c1cccc(NC2(c3nc(-c4ccncc4)n[nH]3)CCN(C)CC2)c1. The van der Waals surface area contributed by atoms with Gasteiger partial charge in [-0.3, -0.25) is 14.9 Å². The zero-order valence-corrected chi connectivity index (χ0v) is 21.8. The Morgan fingerprint density at radius 3 is 2.72 bits per heavy atom. The number of nitrogens with zero attached hydrogens (tertiary/aromatic N) is 4. The second-order valence-electron chi connectivity index (χ2n) is 10.3. The van der Waals surface area contributed by atoms with Gasteiger partial charge in [0.1, 0.15) is 17.7 Å². The number of piperidine rings is 1. The van der Waals surface area contributed by atoms with Crippen molar-refractivity contribution < 1.29 is 13.9 Å². The van der Waals surface area contributed by atoms with Crippen LogP contribution in [-0.4, -0.2) is 57.2 Å². The molecule has 4 heterocycles. The van der Waals surface area contributed by atoms with Crippen LogP contribution in [0, 0.1) is 5.82 Å². The number of nitrogens with one attached hydrogen (secondary N) is 3. The van der Waals surface area contributed by atoms with Crippen molar-refractivity contribution in [3.8, 4) is 17.1 Å². The molecule has 1 unspecified atom stereocenters. The third kappa shape index (κ3) is 4.95. The molecule has 10 heteroatoms. The minimum atomic E-state index is -0.475. The summed E-state index contributed by atoms with van der Waals surface area (Å²) in [4.78, 5) is 24.5. The second kappa shape index (κ2) is 10.1. The number of hydrogen-bond donors (Lipinski definition) is 3. The maximum atomic E-state index is 13.7. The summed E-state index contributed by atoms with van der Waals surface area (Å²) in [6.07, 6.45) is 4.77. The topological polar surface area (TPSA) is 108 Å². The van der Waals surface area contributed by atoms with Crippen LogP contribution in [0.5, 0.6) is 5.75 Å². The molecule has 9 nitrogen and oxygen atoms in total. The van der Waals surface area contributed by atoms with Crippen LogP contribution in [0.15, 0.2) is 67.0 Å². The molecule has 1 amide bonds. The highest BCUT2D eigenvalue weighted by Crippen LogP contribution is 2.38. The van der Waals surface area contributed by atoms with Crippen LogP contribution in [0.2, 0.25) is 0 Å². The fourth-order valence-electron chi connectivity index (χ4n) is 5.35. The quantitative estimate of drug-likeness (QED) is 0.343. The van der Waals surface area contributed by atoms with Gasteiger partial charge in [-0.25, -0.2) is 9.37 Å². The molecule has 2 aliphatic heterocycles. The van der Waals surface area contributed by atoms with E-state index in [4.69, 9.17) is 9.72 Å². The standard InChI is InChI=1S/C29H30FN7O2/c1-18-25(23-7-6-21(30)17-24(23)39-18)32-27(38)20-4-3-5-22(16-20)34-29(10-14-37(2)15-11-29)28-33-26(35-36-28)19-8-12-31-13-9-19/h3-9,12-13,16-18,25,34H,10-11,14-15H2,1-2H3,(H,32,38)(H,33,35,36)/t18?,25-/m1/s1. The Bertz CT molecular complexity index is 1480. The van der Waals surface area contributed by atoms with Gasteiger partial charge in [-0.15, -0.1) is 0 Å². The van der Waals surface area contributed by atoms with Crippen molar-refractivity contribution in [2.75, 3.05) is 25.5 Å². The summed E-state index contributed by atoms with van der Waals surface area (Å²) in [5.74, 6) is 1.25. The fourth-order valence-corrected chi connectivity index (χ4v) is 5.35. The molecule has 6 rings (SSSR count). The highest BCUT2D eigenvalue weighted by molar-refractivity contribution is 5.95. The number of carbonyl (C=O) groups is 1. The molecular formula is C29H30FN7O2. The molecule has 1 fully saturated rings. The van der Waals surface area contributed by atoms with E-state index in [9.17, 15) is 9.18 Å². The summed E-state index contributed by atoms with van der Waals surface area (Å²) < 4.78 is 19.4. The Morgan fingerprint density at radius 1 is 1.13 bits per heavy atom. The molecule has 2 aromatic carbocycles. The molecule has 39 heavy (non-hydrogen) atoms. The maximum absolute atomic E-state index is 13.7. The number of fused-ring (bicyclic) bond motifs is 1. The smallest absolute Gasteiger partial charge is 0.251 e. The Kier molecular flexibility index (Phi) is 6.48. The van der Waals surface area contributed by atoms with E-state index in [1.807, 2.05) is 37.3 Å². The van der Waals surface area contributed by atoms with Crippen LogP contribution in [0.1, 0.15) is 47.6 Å². The van der Waals surface area contributed by atoms with E-state index in [1.165, 1.54) is 12.1 Å². The number of carbonyl (C=O) groups excluding carboxylic acids is 1. The van der Waals surface area contributed by atoms with Crippen molar-refractivity contribution in [2.24, 2.45) is 0 Å². The van der Waals surface area contributed by atoms with E-state index >= 15 is 0 Å². The number of pyridine rings is 1. The number of hydrogen-bond acceptors (Lipinski definition) is 7. The number of anilines is 1. The average molecular weight is 528 g/mol. The molecule has 2 aliphatic rings. The maximum Gasteiger partial charge on any atom is 0.251 e. The molecule has 1 saturated heterocycles. The number of aromatic amines is 1. The van der Waals surface area contributed by atoms with Gasteiger partial charge in [-0.05, 0) is 63.2 Å². The van der Waals surface area contributed by atoms with Crippen LogP contribution in [0.25, 0.3) is 11.4 Å². The Hall–Kier alpha value is -4.31. The van der Waals surface area contributed by atoms with Crippen molar-refractivity contribution in [3.05, 3.63) is 89.8 Å². The molecule has 3 N–H and O–H groups in total. The molecule has 2 atom stereocenters. The van der Waals surface area contributed by atoms with E-state index in [1.54, 1.807) is 24.5 Å². The van der Waals surface area contributed by atoms with Gasteiger partial charge in [0.25, 0.3) is 5.91 Å². The van der Waals surface area contributed by atoms with Gasteiger partial charge in [-0.2, -0.15) is 5.10 Å². The monoisotopic (exact) mass is 527 g/mol. The number of likely N-dealkylation sites (tertiary alicyclic amines) is 1. The van der Waals surface area contributed by atoms with Gasteiger partial charge in [0.15, 0.2) is 11.6 Å². The lowest BCUT2D eigenvalue weighted by Crippen LogP contribution is -2.46. The normalized spacial score (nSPS) is 20.2. The van der Waals surface area contributed by atoms with E-state index in [-0.39, 0.29) is 23.9 Å². The second-order valence-corrected chi connectivity index (χ2v) is 10.3. The highest BCUT2D eigenvalue weighted by atomic mass is 19.1. The summed E-state index contributed by atoms with van der Waals surface area (Å²) in [7, 11) is 2.11. The van der Waals surface area contributed by atoms with E-state index in [2.05, 4.69) is 37.8 Å². The zero-order chi connectivity index (χ0) is 27.0. The third-order valence-electron chi connectivity index (χ3n) is 7.61. The number of ether oxygens (including phenoxy) is 1. The molecule has 4 aromatic rings. The third-order valence-corrected chi connectivity index (χ3v) is 7.61. The van der Waals surface area contributed by atoms with E-state index in [0.717, 1.165) is 48.6 Å². The predicted octanol–water partition coefficient (Wildman–Crippen LogP) is 4.29. The first-order chi connectivity index (χ1) is 18.9. The van der Waals surface area contributed by atoms with Gasteiger partial charge >= 0.3 is 0 Å². The molecule has 0 spiro atoms. The number of benzene rings is 2.